The van der Waals surface area contributed by atoms with Crippen LogP contribution in [0.3, 0.4) is 0 Å². The Bertz CT molecular complexity index is 488. The lowest BCUT2D eigenvalue weighted by Crippen LogP contribution is -2.23. The van der Waals surface area contributed by atoms with Crippen LogP contribution in [0, 0.1) is 17.8 Å². The molecule has 0 aromatic heterocycles. The third-order valence-corrected chi connectivity index (χ3v) is 5.45. The predicted octanol–water partition coefficient (Wildman–Crippen LogP) is 4.65. The van der Waals surface area contributed by atoms with E-state index in [1.807, 2.05) is 12.1 Å². The highest BCUT2D eigenvalue weighted by Crippen LogP contribution is 2.48. The fraction of sp³-hybridized carbons (Fsp3) is 0.667. The molecular formula is C18H26ClNO. The molecule has 2 aliphatic rings. The van der Waals surface area contributed by atoms with Gasteiger partial charge in [0.1, 0.15) is 5.75 Å². The van der Waals surface area contributed by atoms with Gasteiger partial charge in [0, 0.05) is 23.2 Å². The van der Waals surface area contributed by atoms with Gasteiger partial charge in [0.05, 0.1) is 6.61 Å². The van der Waals surface area contributed by atoms with Gasteiger partial charge in [-0.15, -0.1) is 0 Å². The van der Waals surface area contributed by atoms with Crippen LogP contribution in [0.4, 0.5) is 0 Å². The average Bonchev–Trinajstić information content (AvgIpc) is 3.06. The first-order valence-electron chi connectivity index (χ1n) is 8.27. The summed E-state index contributed by atoms with van der Waals surface area (Å²) in [6.07, 6.45) is 5.66. The summed E-state index contributed by atoms with van der Waals surface area (Å²) < 4.78 is 6.16. The summed E-state index contributed by atoms with van der Waals surface area (Å²) in [7, 11) is 0. The number of rotatable bonds is 6. The molecule has 0 spiro atoms. The lowest BCUT2D eigenvalue weighted by atomic mass is 9.89. The van der Waals surface area contributed by atoms with Crippen molar-refractivity contribution in [2.45, 2.75) is 52.1 Å². The van der Waals surface area contributed by atoms with Crippen molar-refractivity contribution in [3.05, 3.63) is 28.8 Å². The Hall–Kier alpha value is -0.730. The molecule has 2 nitrogen and oxygen atoms in total. The second-order valence-electron chi connectivity index (χ2n) is 7.00. The third kappa shape index (κ3) is 3.54. The Labute approximate surface area is 133 Å². The summed E-state index contributed by atoms with van der Waals surface area (Å²) in [4.78, 5) is 0. The maximum absolute atomic E-state index is 6.35. The van der Waals surface area contributed by atoms with E-state index in [2.05, 4.69) is 25.2 Å². The van der Waals surface area contributed by atoms with Gasteiger partial charge in [-0.25, -0.2) is 0 Å². The molecule has 1 aromatic rings. The fourth-order valence-corrected chi connectivity index (χ4v) is 4.16. The van der Waals surface area contributed by atoms with Crippen molar-refractivity contribution in [2.75, 3.05) is 6.61 Å². The van der Waals surface area contributed by atoms with E-state index >= 15 is 0 Å². The molecule has 3 rings (SSSR count). The first-order chi connectivity index (χ1) is 10.1. The van der Waals surface area contributed by atoms with Crippen molar-refractivity contribution < 1.29 is 4.74 Å². The molecule has 2 bridgehead atoms. The number of hydrogen-bond acceptors (Lipinski definition) is 2. The highest BCUT2D eigenvalue weighted by molar-refractivity contribution is 6.31. The standard InChI is InChI=1S/C18H26ClNO/c1-12(2)20-10-16-17(19)4-3-5-18(16)21-11-15-9-13-6-7-14(15)8-13/h3-5,12-15,20H,6-11H2,1-2H3. The molecule has 0 heterocycles. The van der Waals surface area contributed by atoms with Crippen LogP contribution in [0.25, 0.3) is 0 Å². The Morgan fingerprint density at radius 2 is 2.14 bits per heavy atom. The summed E-state index contributed by atoms with van der Waals surface area (Å²) in [5.41, 5.74) is 1.09. The van der Waals surface area contributed by atoms with Gasteiger partial charge >= 0.3 is 0 Å². The Morgan fingerprint density at radius 3 is 2.81 bits per heavy atom. The van der Waals surface area contributed by atoms with Crippen LogP contribution >= 0.6 is 11.6 Å². The molecule has 0 amide bonds. The van der Waals surface area contributed by atoms with Crippen molar-refractivity contribution in [3.8, 4) is 5.75 Å². The van der Waals surface area contributed by atoms with Gasteiger partial charge in [-0.3, -0.25) is 0 Å². The average molecular weight is 308 g/mol. The number of nitrogens with one attached hydrogen (secondary N) is 1. The van der Waals surface area contributed by atoms with E-state index in [-0.39, 0.29) is 0 Å². The monoisotopic (exact) mass is 307 g/mol. The summed E-state index contributed by atoms with van der Waals surface area (Å²) >= 11 is 6.35. The molecule has 2 saturated carbocycles. The fourth-order valence-electron chi connectivity index (χ4n) is 3.93. The highest BCUT2D eigenvalue weighted by Gasteiger charge is 2.39. The number of benzene rings is 1. The largest absolute Gasteiger partial charge is 0.493 e. The van der Waals surface area contributed by atoms with Crippen LogP contribution in [-0.2, 0) is 6.54 Å². The topological polar surface area (TPSA) is 21.3 Å². The normalized spacial score (nSPS) is 27.5. The zero-order valence-electron chi connectivity index (χ0n) is 13.1. The maximum atomic E-state index is 6.35. The number of hydrogen-bond donors (Lipinski definition) is 1. The highest BCUT2D eigenvalue weighted by atomic mass is 35.5. The van der Waals surface area contributed by atoms with Crippen molar-refractivity contribution >= 4 is 11.6 Å². The van der Waals surface area contributed by atoms with E-state index in [0.717, 1.165) is 47.2 Å². The van der Waals surface area contributed by atoms with Gasteiger partial charge in [0.2, 0.25) is 0 Å². The Kier molecular flexibility index (Phi) is 4.75. The van der Waals surface area contributed by atoms with E-state index in [1.54, 1.807) is 0 Å². The van der Waals surface area contributed by atoms with E-state index in [1.165, 1.54) is 25.7 Å². The predicted molar refractivity (Wildman–Crippen MR) is 87.9 cm³/mol. The molecule has 3 heteroatoms. The van der Waals surface area contributed by atoms with E-state index in [9.17, 15) is 0 Å². The number of halogens is 1. The van der Waals surface area contributed by atoms with Crippen LogP contribution in [-0.4, -0.2) is 12.6 Å². The number of fused-ring (bicyclic) bond motifs is 2. The van der Waals surface area contributed by atoms with Crippen LogP contribution in [0.2, 0.25) is 5.02 Å². The Balaban J connectivity index is 1.63. The van der Waals surface area contributed by atoms with Gasteiger partial charge < -0.3 is 10.1 Å². The molecule has 2 fully saturated rings. The van der Waals surface area contributed by atoms with E-state index in [4.69, 9.17) is 16.3 Å². The summed E-state index contributed by atoms with van der Waals surface area (Å²) in [6.45, 7) is 5.92. The van der Waals surface area contributed by atoms with E-state index < -0.39 is 0 Å². The summed E-state index contributed by atoms with van der Waals surface area (Å²) in [6, 6.07) is 6.43. The second kappa shape index (κ2) is 6.58. The van der Waals surface area contributed by atoms with Crippen LogP contribution in [0.15, 0.2) is 18.2 Å². The molecule has 1 N–H and O–H groups in total. The molecule has 0 aliphatic heterocycles. The van der Waals surface area contributed by atoms with Crippen molar-refractivity contribution in [1.29, 1.82) is 0 Å². The van der Waals surface area contributed by atoms with Crippen LogP contribution in [0.1, 0.15) is 45.1 Å². The van der Waals surface area contributed by atoms with Gasteiger partial charge in [0.25, 0.3) is 0 Å². The minimum absolute atomic E-state index is 0.444. The Morgan fingerprint density at radius 1 is 1.29 bits per heavy atom. The molecule has 3 atom stereocenters. The molecular weight excluding hydrogens is 282 g/mol. The summed E-state index contributed by atoms with van der Waals surface area (Å²) in [5.74, 6) is 3.60. The molecule has 3 unspecified atom stereocenters. The van der Waals surface area contributed by atoms with Gasteiger partial charge in [-0.1, -0.05) is 37.9 Å². The molecule has 21 heavy (non-hydrogen) atoms. The first-order valence-corrected chi connectivity index (χ1v) is 8.65. The van der Waals surface area contributed by atoms with Crippen molar-refractivity contribution in [1.82, 2.24) is 5.32 Å². The van der Waals surface area contributed by atoms with E-state index in [0.29, 0.717) is 6.04 Å². The number of ether oxygens (including phenoxy) is 1. The SMILES string of the molecule is CC(C)NCc1c(Cl)cccc1OCC1CC2CCC1C2. The molecule has 1 aromatic carbocycles. The summed E-state index contributed by atoms with van der Waals surface area (Å²) in [5, 5.41) is 4.23. The van der Waals surface area contributed by atoms with Crippen LogP contribution < -0.4 is 10.1 Å². The molecule has 0 radical (unpaired) electrons. The molecule has 116 valence electrons. The maximum Gasteiger partial charge on any atom is 0.125 e. The molecule has 0 saturated heterocycles. The van der Waals surface area contributed by atoms with Crippen molar-refractivity contribution in [2.24, 2.45) is 17.8 Å². The quantitative estimate of drug-likeness (QED) is 0.825. The third-order valence-electron chi connectivity index (χ3n) is 5.10. The van der Waals surface area contributed by atoms with Gasteiger partial charge in [-0.2, -0.15) is 0 Å². The lowest BCUT2D eigenvalue weighted by molar-refractivity contribution is 0.193. The van der Waals surface area contributed by atoms with Gasteiger partial charge in [-0.05, 0) is 49.1 Å². The van der Waals surface area contributed by atoms with Crippen LogP contribution in [0.5, 0.6) is 5.75 Å². The zero-order chi connectivity index (χ0) is 14.8. The minimum atomic E-state index is 0.444. The lowest BCUT2D eigenvalue weighted by Gasteiger charge is -2.23. The molecule has 2 aliphatic carbocycles. The van der Waals surface area contributed by atoms with Crippen molar-refractivity contribution in [3.63, 3.8) is 0 Å². The first kappa shape index (κ1) is 15.2. The minimum Gasteiger partial charge on any atom is -0.493 e. The smallest absolute Gasteiger partial charge is 0.125 e. The van der Waals surface area contributed by atoms with Gasteiger partial charge in [0.15, 0.2) is 0 Å². The zero-order valence-corrected chi connectivity index (χ0v) is 13.8. The second-order valence-corrected chi connectivity index (χ2v) is 7.41.